The maximum absolute atomic E-state index is 13.0. The van der Waals surface area contributed by atoms with Gasteiger partial charge in [-0.25, -0.2) is 4.79 Å². The van der Waals surface area contributed by atoms with Gasteiger partial charge in [0.25, 0.3) is 0 Å². The van der Waals surface area contributed by atoms with Gasteiger partial charge < -0.3 is 15.0 Å². The van der Waals surface area contributed by atoms with Gasteiger partial charge in [-0.15, -0.1) is 0 Å². The first kappa shape index (κ1) is 26.5. The molecule has 0 saturated heterocycles. The van der Waals surface area contributed by atoms with Crippen LogP contribution in [0.1, 0.15) is 87.0 Å². The molecule has 36 heavy (non-hydrogen) atoms. The first-order valence-electron chi connectivity index (χ1n) is 14.6. The predicted molar refractivity (Wildman–Crippen MR) is 147 cm³/mol. The van der Waals surface area contributed by atoms with Crippen LogP contribution in [0.25, 0.3) is 0 Å². The van der Waals surface area contributed by atoms with E-state index in [0.29, 0.717) is 46.2 Å². The zero-order valence-corrected chi connectivity index (χ0v) is 24.7. The van der Waals surface area contributed by atoms with E-state index in [1.54, 1.807) is 0 Å². The van der Waals surface area contributed by atoms with Crippen molar-refractivity contribution in [3.05, 3.63) is 23.8 Å². The summed E-state index contributed by atoms with van der Waals surface area (Å²) in [6.07, 6.45) is 14.8. The lowest BCUT2D eigenvalue weighted by atomic mass is 9.43. The molecule has 4 fully saturated rings. The number of fused-ring (bicyclic) bond motifs is 2. The van der Waals surface area contributed by atoms with E-state index < -0.39 is 0 Å². The number of rotatable bonds is 5. The Kier molecular flexibility index (Phi) is 6.02. The number of carbonyl (C=O) groups excluding carboxylic acids is 1. The fourth-order valence-corrected chi connectivity index (χ4v) is 11.1. The van der Waals surface area contributed by atoms with E-state index in [2.05, 4.69) is 78.1 Å². The number of nitrogens with one attached hydrogen (secondary N) is 1. The Morgan fingerprint density at radius 3 is 2.31 bits per heavy atom. The van der Waals surface area contributed by atoms with Crippen LogP contribution >= 0.6 is 0 Å². The lowest BCUT2D eigenvalue weighted by Crippen LogP contribution is -2.58. The van der Waals surface area contributed by atoms with Gasteiger partial charge in [0.2, 0.25) is 0 Å². The molecule has 0 bridgehead atoms. The quantitative estimate of drug-likeness (QED) is 0.278. The summed E-state index contributed by atoms with van der Waals surface area (Å²) in [6.45, 7) is 16.3. The first-order chi connectivity index (χ1) is 16.8. The molecule has 0 aromatic rings. The van der Waals surface area contributed by atoms with Gasteiger partial charge in [0.1, 0.15) is 6.10 Å². The van der Waals surface area contributed by atoms with Crippen molar-refractivity contribution in [3.8, 4) is 0 Å². The molecule has 10 atom stereocenters. The molecule has 4 saturated carbocycles. The Bertz CT molecular complexity index is 983. The molecule has 4 nitrogen and oxygen atoms in total. The molecule has 4 heteroatoms. The standard InChI is InChI=1S/C32H52N2O2/c1-11-20(2)27(35)36-22-18-30(7)24-13-12-23-28(4,5)25(34(9)10)14-15-31(23)19-32(24,31)17-16-29(30,6)26(22)21(3)33-8/h11-13,21-26,33H,14-19H2,1-10H3/b20-11+/t21-,22-,23+,24+,25+,26+,29-,30+,31-,32+/m1/s1. The third kappa shape index (κ3) is 3.09. The smallest absolute Gasteiger partial charge is 0.333 e. The van der Waals surface area contributed by atoms with Crippen molar-refractivity contribution < 1.29 is 9.53 Å². The molecular formula is C32H52N2O2. The second kappa shape index (κ2) is 8.18. The normalized spacial score (nSPS) is 49.5. The second-order valence-electron chi connectivity index (χ2n) is 14.7. The van der Waals surface area contributed by atoms with Gasteiger partial charge in [0.05, 0.1) is 0 Å². The summed E-state index contributed by atoms with van der Waals surface area (Å²) in [5, 5.41) is 3.56. The fourth-order valence-electron chi connectivity index (χ4n) is 11.1. The molecule has 5 rings (SSSR count). The summed E-state index contributed by atoms with van der Waals surface area (Å²) >= 11 is 0. The van der Waals surface area contributed by atoms with Gasteiger partial charge >= 0.3 is 5.97 Å². The van der Waals surface area contributed by atoms with Gasteiger partial charge in [0, 0.05) is 23.6 Å². The van der Waals surface area contributed by atoms with E-state index in [4.69, 9.17) is 4.74 Å². The topological polar surface area (TPSA) is 41.6 Å². The highest BCUT2D eigenvalue weighted by molar-refractivity contribution is 5.87. The average molecular weight is 497 g/mol. The van der Waals surface area contributed by atoms with Gasteiger partial charge in [0.15, 0.2) is 0 Å². The highest BCUT2D eigenvalue weighted by Crippen LogP contribution is 2.87. The molecule has 0 amide bonds. The number of carbonyl (C=O) groups is 1. The summed E-state index contributed by atoms with van der Waals surface area (Å²) < 4.78 is 6.35. The Balaban J connectivity index is 1.54. The largest absolute Gasteiger partial charge is 0.459 e. The number of hydrogen-bond acceptors (Lipinski definition) is 4. The molecule has 202 valence electrons. The Morgan fingerprint density at radius 2 is 1.69 bits per heavy atom. The SMILES string of the molecule is C/C=C(\C)C(=O)O[C@@H]1C[C@@]2(C)[C@@H]3C=C[C@H]4C(C)(C)[C@@H](N(C)C)CC[C@@]45C[C@@]35CC[C@]2(C)[C@H]1[C@@H](C)NC. The summed E-state index contributed by atoms with van der Waals surface area (Å²) in [4.78, 5) is 15.4. The highest BCUT2D eigenvalue weighted by atomic mass is 16.5. The van der Waals surface area contributed by atoms with Crippen LogP contribution < -0.4 is 5.32 Å². The molecule has 0 aromatic heterocycles. The van der Waals surface area contributed by atoms with E-state index in [-0.39, 0.29) is 28.3 Å². The summed E-state index contributed by atoms with van der Waals surface area (Å²) in [5.41, 5.74) is 2.17. The van der Waals surface area contributed by atoms with Crippen molar-refractivity contribution >= 4 is 5.97 Å². The van der Waals surface area contributed by atoms with Crippen LogP contribution in [0.15, 0.2) is 23.8 Å². The van der Waals surface area contributed by atoms with Gasteiger partial charge in [-0.3, -0.25) is 0 Å². The summed E-state index contributed by atoms with van der Waals surface area (Å²) in [6, 6.07) is 0.944. The zero-order valence-electron chi connectivity index (χ0n) is 24.7. The maximum atomic E-state index is 13.0. The van der Waals surface area contributed by atoms with Crippen LogP contribution in [0.4, 0.5) is 0 Å². The van der Waals surface area contributed by atoms with Crippen molar-refractivity contribution in [2.45, 2.75) is 105 Å². The van der Waals surface area contributed by atoms with E-state index in [1.165, 1.54) is 32.1 Å². The zero-order chi connectivity index (χ0) is 26.5. The molecule has 0 aliphatic heterocycles. The number of nitrogens with zero attached hydrogens (tertiary/aromatic N) is 1. The molecule has 0 aromatic carbocycles. The molecule has 5 aliphatic carbocycles. The summed E-state index contributed by atoms with van der Waals surface area (Å²) in [7, 11) is 6.61. The highest BCUT2D eigenvalue weighted by Gasteiger charge is 2.82. The van der Waals surface area contributed by atoms with E-state index in [9.17, 15) is 4.79 Å². The van der Waals surface area contributed by atoms with Crippen molar-refractivity contribution in [3.63, 3.8) is 0 Å². The van der Waals surface area contributed by atoms with Crippen LogP contribution in [0.2, 0.25) is 0 Å². The van der Waals surface area contributed by atoms with Gasteiger partial charge in [-0.2, -0.15) is 0 Å². The van der Waals surface area contributed by atoms with Crippen LogP contribution in [-0.4, -0.2) is 50.2 Å². The first-order valence-corrected chi connectivity index (χ1v) is 14.6. The van der Waals surface area contributed by atoms with Crippen LogP contribution in [0.3, 0.4) is 0 Å². The third-order valence-electron chi connectivity index (χ3n) is 13.2. The molecule has 0 heterocycles. The molecule has 2 spiro atoms. The lowest BCUT2D eigenvalue weighted by Gasteiger charge is -2.61. The predicted octanol–water partition coefficient (Wildman–Crippen LogP) is 6.23. The Hall–Kier alpha value is -1.13. The third-order valence-corrected chi connectivity index (χ3v) is 13.2. The summed E-state index contributed by atoms with van der Waals surface area (Å²) in [5.74, 6) is 1.42. The number of hydrogen-bond donors (Lipinski definition) is 1. The van der Waals surface area contributed by atoms with Crippen LogP contribution in [0, 0.1) is 44.8 Å². The van der Waals surface area contributed by atoms with Crippen molar-refractivity contribution in [2.24, 2.45) is 44.8 Å². The number of allylic oxidation sites excluding steroid dienone is 3. The molecular weight excluding hydrogens is 444 g/mol. The second-order valence-corrected chi connectivity index (χ2v) is 14.7. The minimum Gasteiger partial charge on any atom is -0.459 e. The number of esters is 1. The van der Waals surface area contributed by atoms with Crippen molar-refractivity contribution in [2.75, 3.05) is 21.1 Å². The van der Waals surface area contributed by atoms with Crippen LogP contribution in [0.5, 0.6) is 0 Å². The monoisotopic (exact) mass is 496 g/mol. The minimum absolute atomic E-state index is 0.0401. The van der Waals surface area contributed by atoms with E-state index in [1.807, 2.05) is 19.9 Å². The van der Waals surface area contributed by atoms with Gasteiger partial charge in [-0.05, 0) is 119 Å². The molecule has 0 unspecified atom stereocenters. The van der Waals surface area contributed by atoms with E-state index >= 15 is 0 Å². The average Bonchev–Trinajstić information content (AvgIpc) is 3.41. The van der Waals surface area contributed by atoms with Crippen LogP contribution in [-0.2, 0) is 9.53 Å². The van der Waals surface area contributed by atoms with Gasteiger partial charge in [-0.1, -0.05) is 45.9 Å². The molecule has 1 N–H and O–H groups in total. The van der Waals surface area contributed by atoms with E-state index in [0.717, 1.165) is 6.42 Å². The van der Waals surface area contributed by atoms with Crippen molar-refractivity contribution in [1.29, 1.82) is 0 Å². The molecule has 0 radical (unpaired) electrons. The Labute approximate surface area is 220 Å². The minimum atomic E-state index is -0.137. The molecule has 5 aliphatic rings. The maximum Gasteiger partial charge on any atom is 0.333 e. The number of ether oxygens (including phenoxy) is 1. The fraction of sp³-hybridized carbons (Fsp3) is 0.844. The van der Waals surface area contributed by atoms with Crippen molar-refractivity contribution in [1.82, 2.24) is 10.2 Å². The Morgan fingerprint density at radius 1 is 1.06 bits per heavy atom. The lowest BCUT2D eigenvalue weighted by molar-refractivity contribution is -0.147.